The van der Waals surface area contributed by atoms with Crippen LogP contribution in [0.3, 0.4) is 0 Å². The van der Waals surface area contributed by atoms with Crippen LogP contribution in [0.2, 0.25) is 0 Å². The van der Waals surface area contributed by atoms with Gasteiger partial charge in [-0.3, -0.25) is 13.8 Å². The van der Waals surface area contributed by atoms with E-state index in [1.165, 1.54) is 51.4 Å². The van der Waals surface area contributed by atoms with E-state index in [0.717, 1.165) is 116 Å². The summed E-state index contributed by atoms with van der Waals surface area (Å²) in [7, 11) is 1.49. The number of nitrogens with zero attached hydrogens (tertiary/aromatic N) is 1. The number of likely N-dealkylation sites (N-methyl/N-ethyl adjacent to an activating group) is 1. The molecule has 3 N–H and O–H groups in total. The predicted octanol–water partition coefficient (Wildman–Crippen LogP) is 18.4. The van der Waals surface area contributed by atoms with Gasteiger partial charge in [-0.1, -0.05) is 229 Å². The number of rotatable bonds is 51. The molecule has 0 aromatic rings. The summed E-state index contributed by atoms with van der Waals surface area (Å²) in [5.41, 5.74) is 0. The minimum absolute atomic E-state index is 0.0368. The Labute approximate surface area is 466 Å². The van der Waals surface area contributed by atoms with Crippen LogP contribution in [0.1, 0.15) is 194 Å². The lowest BCUT2D eigenvalue weighted by atomic mass is 10.1. The molecule has 0 aromatic carbocycles. The fraction of sp³-hybridized carbons (Fsp3) is 0.567. The summed E-state index contributed by atoms with van der Waals surface area (Å²) in [4.78, 5) is 23.3. The van der Waals surface area contributed by atoms with E-state index < -0.39 is 20.0 Å². The zero-order valence-corrected chi connectivity index (χ0v) is 49.6. The Balaban J connectivity index is 4.34. The molecule has 0 heterocycles. The second kappa shape index (κ2) is 55.6. The first-order valence-electron chi connectivity index (χ1n) is 29.5. The third-order valence-corrected chi connectivity index (χ3v) is 12.9. The molecule has 3 unspecified atom stereocenters. The zero-order chi connectivity index (χ0) is 55.6. The van der Waals surface area contributed by atoms with Crippen molar-refractivity contribution in [2.75, 3.05) is 40.9 Å². The van der Waals surface area contributed by atoms with Gasteiger partial charge in [0, 0.05) is 6.42 Å². The molecular formula is C67H110N2O6P+. The van der Waals surface area contributed by atoms with Crippen molar-refractivity contribution >= 4 is 13.7 Å². The van der Waals surface area contributed by atoms with Gasteiger partial charge in [-0.2, -0.15) is 0 Å². The van der Waals surface area contributed by atoms with Gasteiger partial charge in [-0.05, 0) is 128 Å². The highest BCUT2D eigenvalue weighted by molar-refractivity contribution is 7.47. The summed E-state index contributed by atoms with van der Waals surface area (Å²) in [5.74, 6) is -0.231. The molecule has 0 spiro atoms. The molecule has 1 amide bonds. The quantitative estimate of drug-likeness (QED) is 0.0243. The van der Waals surface area contributed by atoms with Gasteiger partial charge in [0.2, 0.25) is 5.91 Å². The van der Waals surface area contributed by atoms with Gasteiger partial charge in [-0.15, -0.1) is 0 Å². The highest BCUT2D eigenvalue weighted by atomic mass is 31.2. The maximum Gasteiger partial charge on any atom is 0.472 e. The Morgan fingerprint density at radius 3 is 1.21 bits per heavy atom. The second-order valence-electron chi connectivity index (χ2n) is 20.3. The number of quaternary nitrogens is 1. The lowest BCUT2D eigenvalue weighted by molar-refractivity contribution is -0.870. The van der Waals surface area contributed by atoms with Gasteiger partial charge < -0.3 is 19.8 Å². The third kappa shape index (κ3) is 57.6. The summed E-state index contributed by atoms with van der Waals surface area (Å²) < 4.78 is 23.6. The van der Waals surface area contributed by atoms with E-state index in [1.807, 2.05) is 27.2 Å². The Bertz CT molecular complexity index is 1840. The van der Waals surface area contributed by atoms with Crippen molar-refractivity contribution in [1.29, 1.82) is 0 Å². The molecule has 0 aliphatic rings. The van der Waals surface area contributed by atoms with Crippen LogP contribution in [0, 0.1) is 0 Å². The Morgan fingerprint density at radius 2 is 0.803 bits per heavy atom. The molecule has 9 heteroatoms. The molecule has 0 aliphatic heterocycles. The molecule has 0 radical (unpaired) electrons. The van der Waals surface area contributed by atoms with E-state index in [9.17, 15) is 19.4 Å². The van der Waals surface area contributed by atoms with Gasteiger partial charge in [0.05, 0.1) is 39.9 Å². The molecule has 0 aromatic heterocycles. The van der Waals surface area contributed by atoms with Gasteiger partial charge in [-0.25, -0.2) is 4.57 Å². The normalized spacial score (nSPS) is 15.1. The van der Waals surface area contributed by atoms with E-state index in [1.54, 1.807) is 6.08 Å². The summed E-state index contributed by atoms with van der Waals surface area (Å²) in [6.45, 7) is 4.61. The average molecular weight is 1070 g/mol. The number of amides is 1. The van der Waals surface area contributed by atoms with Crippen LogP contribution in [0.5, 0.6) is 0 Å². The number of phosphoric ester groups is 1. The third-order valence-electron chi connectivity index (χ3n) is 11.9. The molecule has 0 fully saturated rings. The first kappa shape index (κ1) is 71.9. The summed E-state index contributed by atoms with van der Waals surface area (Å²) in [5, 5.41) is 13.9. The summed E-state index contributed by atoms with van der Waals surface area (Å²) in [6.07, 6.45) is 88.9. The van der Waals surface area contributed by atoms with Gasteiger partial charge >= 0.3 is 7.82 Å². The predicted molar refractivity (Wildman–Crippen MR) is 331 cm³/mol. The van der Waals surface area contributed by atoms with Gasteiger partial charge in [0.15, 0.2) is 0 Å². The largest absolute Gasteiger partial charge is 0.472 e. The van der Waals surface area contributed by atoms with Gasteiger partial charge in [0.25, 0.3) is 0 Å². The van der Waals surface area contributed by atoms with Crippen molar-refractivity contribution in [1.82, 2.24) is 5.32 Å². The first-order chi connectivity index (χ1) is 37.0. The second-order valence-corrected chi connectivity index (χ2v) is 21.7. The Morgan fingerprint density at radius 1 is 0.461 bits per heavy atom. The number of carbonyl (C=O) groups is 1. The van der Waals surface area contributed by atoms with E-state index in [2.05, 4.69) is 177 Å². The van der Waals surface area contributed by atoms with Crippen LogP contribution >= 0.6 is 7.82 Å². The molecule has 0 aliphatic carbocycles. The van der Waals surface area contributed by atoms with Crippen molar-refractivity contribution in [3.05, 3.63) is 170 Å². The number of aliphatic hydroxyl groups excluding tert-OH is 1. The van der Waals surface area contributed by atoms with Crippen LogP contribution in [0.25, 0.3) is 0 Å². The zero-order valence-electron chi connectivity index (χ0n) is 48.7. The SMILES string of the molecule is CC/C=C\C/C=C\C/C=C\C/C=C\C/C=C\C/C=C\C/C=C\C/C=C\C/C=C\C/C=C\C/C=C\CCCCCC(=O)NC(COP(=O)(O)OCC[N+](C)(C)C)C(O)/C=C/CC/C=C/CC/C=C/CCCCCCCCC. The van der Waals surface area contributed by atoms with Crippen LogP contribution in [-0.2, 0) is 18.4 Å². The molecule has 428 valence electrons. The smallest absolute Gasteiger partial charge is 0.387 e. The lowest BCUT2D eigenvalue weighted by Crippen LogP contribution is -2.45. The molecule has 3 atom stereocenters. The van der Waals surface area contributed by atoms with Crippen LogP contribution in [0.4, 0.5) is 0 Å². The number of unbranched alkanes of at least 4 members (excludes halogenated alkanes) is 12. The highest BCUT2D eigenvalue weighted by Crippen LogP contribution is 2.43. The maximum absolute atomic E-state index is 13.0. The Hall–Kier alpha value is -4.14. The van der Waals surface area contributed by atoms with Crippen molar-refractivity contribution in [2.45, 2.75) is 206 Å². The van der Waals surface area contributed by atoms with Gasteiger partial charge in [0.1, 0.15) is 13.2 Å². The van der Waals surface area contributed by atoms with E-state index in [-0.39, 0.29) is 19.1 Å². The first-order valence-corrected chi connectivity index (χ1v) is 31.0. The number of nitrogens with one attached hydrogen (secondary N) is 1. The van der Waals surface area contributed by atoms with Crippen molar-refractivity contribution in [3.63, 3.8) is 0 Å². The number of aliphatic hydroxyl groups is 1. The van der Waals surface area contributed by atoms with Crippen molar-refractivity contribution < 1.29 is 32.9 Å². The molecule has 0 rings (SSSR count). The molecule has 76 heavy (non-hydrogen) atoms. The van der Waals surface area contributed by atoms with Crippen LogP contribution in [0.15, 0.2) is 170 Å². The molecule has 0 saturated heterocycles. The monoisotopic (exact) mass is 1070 g/mol. The highest BCUT2D eigenvalue weighted by Gasteiger charge is 2.27. The summed E-state index contributed by atoms with van der Waals surface area (Å²) >= 11 is 0. The van der Waals surface area contributed by atoms with Crippen molar-refractivity contribution in [3.8, 4) is 0 Å². The minimum Gasteiger partial charge on any atom is -0.387 e. The fourth-order valence-corrected chi connectivity index (χ4v) is 8.05. The number of hydrogen-bond donors (Lipinski definition) is 3. The topological polar surface area (TPSA) is 105 Å². The molecule has 8 nitrogen and oxygen atoms in total. The minimum atomic E-state index is -4.38. The molecular weight excluding hydrogens is 960 g/mol. The number of carbonyl (C=O) groups excluding carboxylic acids is 1. The molecule has 0 bridgehead atoms. The van der Waals surface area contributed by atoms with Crippen LogP contribution in [-0.4, -0.2) is 73.4 Å². The average Bonchev–Trinajstić information content (AvgIpc) is 3.38. The van der Waals surface area contributed by atoms with Crippen LogP contribution < -0.4 is 5.32 Å². The lowest BCUT2D eigenvalue weighted by Gasteiger charge is -2.25. The number of phosphoric acid groups is 1. The number of allylic oxidation sites excluding steroid dienone is 27. The summed E-state index contributed by atoms with van der Waals surface area (Å²) in [6, 6.07) is -0.901. The fourth-order valence-electron chi connectivity index (χ4n) is 7.31. The number of hydrogen-bond acceptors (Lipinski definition) is 5. The standard InChI is InChI=1S/C67H109N2O6P/c1-6-8-10-12-14-16-18-20-22-24-25-26-27-28-29-30-31-32-33-34-35-36-37-38-39-40-41-42-43-45-47-49-51-53-55-57-59-61-67(71)68-65(64-75-76(72,73)74-63-62-69(3,4)5)66(70)60-58-56-54-52-50-48-46-44-23-21-19-17-15-13-11-9-7-2/h8,10,14,16,20,22-23,25-26,28-29,31-32,34-35,37-38,40-41,43-45,49-52,58,60,65-66,70H,6-7,9,11-13,15,17-19,21,24,27,30,33,36,39,42,46-48,53-57,59,61-64H2,1-5H3,(H-,68,71,72,73)/p+1/b10-8-,16-14-,22-20-,26-25-,29-28-,32-31-,35-34-,38-37-,41-40-,44-23+,45-43-,51-49-,52-50+,60-58+. The molecule has 0 saturated carbocycles. The van der Waals surface area contributed by atoms with E-state index in [0.29, 0.717) is 23.9 Å². The van der Waals surface area contributed by atoms with E-state index >= 15 is 0 Å². The Kier molecular flexibility index (Phi) is 52.6. The maximum atomic E-state index is 13.0. The van der Waals surface area contributed by atoms with Crippen molar-refractivity contribution in [2.24, 2.45) is 0 Å². The van der Waals surface area contributed by atoms with E-state index in [4.69, 9.17) is 9.05 Å².